The van der Waals surface area contributed by atoms with E-state index >= 15 is 0 Å². The van der Waals surface area contributed by atoms with Gasteiger partial charge in [0, 0.05) is 6.20 Å². The molecule has 0 amide bonds. The van der Waals surface area contributed by atoms with Gasteiger partial charge in [0.1, 0.15) is 0 Å². The van der Waals surface area contributed by atoms with Crippen LogP contribution in [0.4, 0.5) is 0 Å². The smallest absolute Gasteiger partial charge is 0.0864 e. The van der Waals surface area contributed by atoms with Gasteiger partial charge in [0.05, 0.1) is 16.7 Å². The number of aromatic nitrogens is 2. The highest BCUT2D eigenvalue weighted by Crippen LogP contribution is 2.25. The second-order valence-electron chi connectivity index (χ2n) is 4.49. The lowest BCUT2D eigenvalue weighted by Crippen LogP contribution is -2.11. The van der Waals surface area contributed by atoms with E-state index in [1.807, 2.05) is 6.20 Å². The number of hydrogen-bond donors (Lipinski definition) is 0. The summed E-state index contributed by atoms with van der Waals surface area (Å²) >= 11 is 6.01. The van der Waals surface area contributed by atoms with Crippen molar-refractivity contribution in [3.8, 4) is 0 Å². The monoisotopic (exact) mass is 208 g/mol. The van der Waals surface area contributed by atoms with Crippen LogP contribution >= 0.6 is 11.6 Å². The van der Waals surface area contributed by atoms with Crippen molar-refractivity contribution in [2.75, 3.05) is 0 Å². The van der Waals surface area contributed by atoms with Crippen LogP contribution in [0.2, 0.25) is 5.02 Å². The van der Waals surface area contributed by atoms with Gasteiger partial charge in [0.2, 0.25) is 0 Å². The van der Waals surface area contributed by atoms with Crippen molar-refractivity contribution in [3.63, 3.8) is 0 Å². The molecule has 0 radical (unpaired) electrons. The maximum Gasteiger partial charge on any atom is 0.0864 e. The number of halogens is 1. The van der Waals surface area contributed by atoms with E-state index in [9.17, 15) is 0 Å². The van der Waals surface area contributed by atoms with Gasteiger partial charge in [-0.15, -0.1) is 0 Å². The molecule has 0 aromatic carbocycles. The zero-order valence-electron chi connectivity index (χ0n) is 8.58. The molecule has 0 unspecified atom stereocenters. The van der Waals surface area contributed by atoms with Crippen LogP contribution in [0.15, 0.2) is 24.5 Å². The Hall–Kier alpha value is -1.02. The molecule has 2 rings (SSSR count). The Morgan fingerprint density at radius 1 is 1.36 bits per heavy atom. The minimum atomic E-state index is 0.148. The van der Waals surface area contributed by atoms with Crippen molar-refractivity contribution < 1.29 is 0 Å². The highest BCUT2D eigenvalue weighted by Gasteiger charge is 2.14. The number of hydrogen-bond acceptors (Lipinski definition) is 1. The molecule has 14 heavy (non-hydrogen) atoms. The Kier molecular flexibility index (Phi) is 2.04. The minimum absolute atomic E-state index is 0.148. The fourth-order valence-electron chi connectivity index (χ4n) is 1.42. The van der Waals surface area contributed by atoms with E-state index in [1.54, 1.807) is 10.7 Å². The normalized spacial score (nSPS) is 12.3. The van der Waals surface area contributed by atoms with Gasteiger partial charge in [-0.3, -0.25) is 0 Å². The predicted octanol–water partition coefficient (Wildman–Crippen LogP) is 3.29. The first kappa shape index (κ1) is 9.53. The van der Waals surface area contributed by atoms with Crippen molar-refractivity contribution in [1.82, 2.24) is 9.61 Å². The van der Waals surface area contributed by atoms with E-state index in [2.05, 4.69) is 38.0 Å². The minimum Gasteiger partial charge on any atom is -0.239 e. The summed E-state index contributed by atoms with van der Waals surface area (Å²) in [5.74, 6) is 0. The molecule has 2 aromatic heterocycles. The molecule has 0 N–H and O–H groups in total. The van der Waals surface area contributed by atoms with Gasteiger partial charge in [0.15, 0.2) is 0 Å². The second kappa shape index (κ2) is 2.99. The standard InChI is InChI=1S/C11H13ClN2/c1-11(2,3)8-4-5-14-10(6-8)9(12)7-13-14/h4-7H,1-3H3. The average molecular weight is 209 g/mol. The molecule has 0 atom stereocenters. The lowest BCUT2D eigenvalue weighted by Gasteiger charge is -2.18. The third kappa shape index (κ3) is 1.50. The van der Waals surface area contributed by atoms with E-state index in [0.29, 0.717) is 5.02 Å². The van der Waals surface area contributed by atoms with E-state index < -0.39 is 0 Å². The molecule has 3 heteroatoms. The summed E-state index contributed by atoms with van der Waals surface area (Å²) in [5, 5.41) is 4.83. The summed E-state index contributed by atoms with van der Waals surface area (Å²) < 4.78 is 1.79. The quantitative estimate of drug-likeness (QED) is 0.650. The highest BCUT2D eigenvalue weighted by atomic mass is 35.5. The largest absolute Gasteiger partial charge is 0.239 e. The van der Waals surface area contributed by atoms with Crippen LogP contribution in [0, 0.1) is 0 Å². The molecular weight excluding hydrogens is 196 g/mol. The summed E-state index contributed by atoms with van der Waals surface area (Å²) in [6, 6.07) is 4.17. The molecule has 0 aliphatic rings. The zero-order valence-corrected chi connectivity index (χ0v) is 9.34. The number of nitrogens with zero attached hydrogens (tertiary/aromatic N) is 2. The first-order valence-electron chi connectivity index (χ1n) is 4.62. The van der Waals surface area contributed by atoms with Crippen LogP contribution in [0.3, 0.4) is 0 Å². The summed E-state index contributed by atoms with van der Waals surface area (Å²) in [4.78, 5) is 0. The number of fused-ring (bicyclic) bond motifs is 1. The summed E-state index contributed by atoms with van der Waals surface area (Å²) in [6.07, 6.45) is 3.62. The molecular formula is C11H13ClN2. The van der Waals surface area contributed by atoms with Crippen LogP contribution in [-0.2, 0) is 5.41 Å². The van der Waals surface area contributed by atoms with Gasteiger partial charge >= 0.3 is 0 Å². The van der Waals surface area contributed by atoms with Crippen molar-refractivity contribution in [2.45, 2.75) is 26.2 Å². The summed E-state index contributed by atoms with van der Waals surface area (Å²) in [6.45, 7) is 6.55. The lowest BCUT2D eigenvalue weighted by atomic mass is 9.88. The van der Waals surface area contributed by atoms with Gasteiger partial charge in [-0.05, 0) is 23.1 Å². The fourth-order valence-corrected chi connectivity index (χ4v) is 1.60. The molecule has 0 aliphatic carbocycles. The SMILES string of the molecule is CC(C)(C)c1ccn2ncc(Cl)c2c1. The van der Waals surface area contributed by atoms with Gasteiger partial charge in [-0.1, -0.05) is 32.4 Å². The Labute approximate surface area is 88.5 Å². The van der Waals surface area contributed by atoms with Crippen LogP contribution in [0.1, 0.15) is 26.3 Å². The average Bonchev–Trinajstić information content (AvgIpc) is 2.46. The Morgan fingerprint density at radius 2 is 2.07 bits per heavy atom. The molecule has 0 spiro atoms. The van der Waals surface area contributed by atoms with Gasteiger partial charge < -0.3 is 0 Å². The third-order valence-corrected chi connectivity index (χ3v) is 2.63. The molecule has 2 aromatic rings. The zero-order chi connectivity index (χ0) is 10.3. The van der Waals surface area contributed by atoms with E-state index in [0.717, 1.165) is 5.52 Å². The van der Waals surface area contributed by atoms with E-state index in [4.69, 9.17) is 11.6 Å². The first-order valence-corrected chi connectivity index (χ1v) is 4.99. The van der Waals surface area contributed by atoms with Crippen molar-refractivity contribution in [2.24, 2.45) is 0 Å². The van der Waals surface area contributed by atoms with Gasteiger partial charge in [0.25, 0.3) is 0 Å². The van der Waals surface area contributed by atoms with Crippen LogP contribution in [0.25, 0.3) is 5.52 Å². The number of rotatable bonds is 0. The molecule has 0 fully saturated rings. The molecule has 0 saturated heterocycles. The number of pyridine rings is 1. The summed E-state index contributed by atoms with van der Waals surface area (Å²) in [7, 11) is 0. The Morgan fingerprint density at radius 3 is 2.71 bits per heavy atom. The maximum absolute atomic E-state index is 6.01. The fraction of sp³-hybridized carbons (Fsp3) is 0.364. The molecule has 0 saturated carbocycles. The molecule has 74 valence electrons. The Balaban J connectivity index is 2.66. The van der Waals surface area contributed by atoms with Crippen LogP contribution in [-0.4, -0.2) is 9.61 Å². The maximum atomic E-state index is 6.01. The molecule has 2 heterocycles. The summed E-state index contributed by atoms with van der Waals surface area (Å²) in [5.41, 5.74) is 2.39. The first-order chi connectivity index (χ1) is 6.48. The van der Waals surface area contributed by atoms with E-state index in [1.165, 1.54) is 5.56 Å². The van der Waals surface area contributed by atoms with Crippen molar-refractivity contribution in [1.29, 1.82) is 0 Å². The topological polar surface area (TPSA) is 17.3 Å². The van der Waals surface area contributed by atoms with Crippen molar-refractivity contribution >= 4 is 17.1 Å². The second-order valence-corrected chi connectivity index (χ2v) is 4.89. The third-order valence-electron chi connectivity index (χ3n) is 2.34. The van der Waals surface area contributed by atoms with E-state index in [-0.39, 0.29) is 5.41 Å². The molecule has 0 bridgehead atoms. The highest BCUT2D eigenvalue weighted by molar-refractivity contribution is 6.33. The predicted molar refractivity (Wildman–Crippen MR) is 58.9 cm³/mol. The van der Waals surface area contributed by atoms with Gasteiger partial charge in [-0.2, -0.15) is 5.10 Å². The Bertz CT molecular complexity index is 466. The van der Waals surface area contributed by atoms with Crippen LogP contribution < -0.4 is 0 Å². The lowest BCUT2D eigenvalue weighted by molar-refractivity contribution is 0.589. The van der Waals surface area contributed by atoms with Crippen LogP contribution in [0.5, 0.6) is 0 Å². The molecule has 2 nitrogen and oxygen atoms in total. The molecule has 0 aliphatic heterocycles. The van der Waals surface area contributed by atoms with Crippen molar-refractivity contribution in [3.05, 3.63) is 35.1 Å². The van der Waals surface area contributed by atoms with Gasteiger partial charge in [-0.25, -0.2) is 4.52 Å².